The summed E-state index contributed by atoms with van der Waals surface area (Å²) in [7, 11) is 0. The molecule has 4 heteroatoms. The average molecular weight is 278 g/mol. The van der Waals surface area contributed by atoms with Gasteiger partial charge in [0.25, 0.3) is 0 Å². The number of thiol groups is 1. The number of hydrogen-bond donors (Lipinski definition) is 2. The number of anilines is 1. The number of amides is 1. The first-order chi connectivity index (χ1) is 8.65. The Morgan fingerprint density at radius 1 is 1.17 bits per heavy atom. The molecule has 2 aromatic rings. The van der Waals surface area contributed by atoms with Gasteiger partial charge in [-0.25, -0.2) is 0 Å². The highest BCUT2D eigenvalue weighted by Crippen LogP contribution is 2.23. The summed E-state index contributed by atoms with van der Waals surface area (Å²) in [5.41, 5.74) is 1.68. The maximum absolute atomic E-state index is 11.8. The minimum absolute atomic E-state index is 0.0590. The van der Waals surface area contributed by atoms with E-state index in [1.807, 2.05) is 30.3 Å². The van der Waals surface area contributed by atoms with Gasteiger partial charge < -0.3 is 5.32 Å². The Hall–Kier alpha value is -1.45. The van der Waals surface area contributed by atoms with Crippen LogP contribution in [0.15, 0.2) is 53.4 Å². The minimum Gasteiger partial charge on any atom is -0.326 e. The first-order valence-corrected chi connectivity index (χ1v) is 6.30. The van der Waals surface area contributed by atoms with Crippen molar-refractivity contribution in [3.8, 4) is 0 Å². The van der Waals surface area contributed by atoms with Crippen molar-refractivity contribution < 1.29 is 4.79 Å². The van der Waals surface area contributed by atoms with Crippen LogP contribution in [0.25, 0.3) is 0 Å². The first-order valence-electron chi connectivity index (χ1n) is 5.47. The fourth-order valence-corrected chi connectivity index (χ4v) is 1.91. The number of halogens is 1. The number of hydrogen-bond acceptors (Lipinski definition) is 2. The van der Waals surface area contributed by atoms with Crippen LogP contribution in [0.5, 0.6) is 0 Å². The molecule has 0 spiro atoms. The van der Waals surface area contributed by atoms with Gasteiger partial charge in [0.2, 0.25) is 5.91 Å². The highest BCUT2D eigenvalue weighted by molar-refractivity contribution is 7.80. The molecule has 0 aromatic heterocycles. The molecule has 2 nitrogen and oxygen atoms in total. The molecule has 0 saturated carbocycles. The molecule has 1 N–H and O–H groups in total. The van der Waals surface area contributed by atoms with Gasteiger partial charge in [0, 0.05) is 10.6 Å². The molecule has 0 fully saturated rings. The predicted molar refractivity (Wildman–Crippen MR) is 77.5 cm³/mol. The molecule has 0 atom stereocenters. The summed E-state index contributed by atoms with van der Waals surface area (Å²) in [5.74, 6) is -0.0590. The Kier molecular flexibility index (Phi) is 4.28. The highest BCUT2D eigenvalue weighted by Gasteiger charge is 2.05. The zero-order chi connectivity index (χ0) is 13.0. The minimum atomic E-state index is -0.0590. The Morgan fingerprint density at radius 3 is 2.56 bits per heavy atom. The lowest BCUT2D eigenvalue weighted by molar-refractivity contribution is -0.115. The molecule has 0 saturated heterocycles. The fraction of sp³-hybridized carbons (Fsp3) is 0.0714. The van der Waals surface area contributed by atoms with Crippen LogP contribution in [0.2, 0.25) is 5.02 Å². The lowest BCUT2D eigenvalue weighted by atomic mass is 10.1. The van der Waals surface area contributed by atoms with E-state index in [9.17, 15) is 4.79 Å². The van der Waals surface area contributed by atoms with Crippen molar-refractivity contribution in [1.29, 1.82) is 0 Å². The number of nitrogens with one attached hydrogen (secondary N) is 1. The van der Waals surface area contributed by atoms with Gasteiger partial charge in [-0.2, -0.15) is 0 Å². The molecule has 1 amide bonds. The van der Waals surface area contributed by atoms with Gasteiger partial charge in [0.1, 0.15) is 0 Å². The zero-order valence-corrected chi connectivity index (χ0v) is 11.2. The standard InChI is InChI=1S/C14H12ClNOS/c15-12-7-6-11(9-13(12)18)16-14(17)8-10-4-2-1-3-5-10/h1-7,9,18H,8H2,(H,16,17). The molecule has 0 bridgehead atoms. The summed E-state index contributed by atoms with van der Waals surface area (Å²) in [5, 5.41) is 3.38. The van der Waals surface area contributed by atoms with E-state index in [0.717, 1.165) is 5.56 Å². The Balaban J connectivity index is 2.01. The zero-order valence-electron chi connectivity index (χ0n) is 9.56. The molecule has 0 radical (unpaired) electrons. The van der Waals surface area contributed by atoms with E-state index >= 15 is 0 Å². The second-order valence-corrected chi connectivity index (χ2v) is 4.77. The van der Waals surface area contributed by atoms with Gasteiger partial charge in [-0.05, 0) is 23.8 Å². The van der Waals surface area contributed by atoms with E-state index in [0.29, 0.717) is 22.0 Å². The largest absolute Gasteiger partial charge is 0.326 e. The molecule has 0 aliphatic carbocycles. The number of carbonyl (C=O) groups is 1. The Labute approximate surface area is 116 Å². The van der Waals surface area contributed by atoms with Gasteiger partial charge in [-0.15, -0.1) is 12.6 Å². The molecule has 2 rings (SSSR count). The third-order valence-electron chi connectivity index (χ3n) is 2.44. The molecule has 0 aliphatic rings. The summed E-state index contributed by atoms with van der Waals surface area (Å²) in [6.45, 7) is 0. The maximum Gasteiger partial charge on any atom is 0.228 e. The number of benzene rings is 2. The predicted octanol–water partition coefficient (Wildman–Crippen LogP) is 3.81. The first kappa shape index (κ1) is 13.0. The third kappa shape index (κ3) is 3.52. The monoisotopic (exact) mass is 277 g/mol. The van der Waals surface area contributed by atoms with Gasteiger partial charge in [-0.1, -0.05) is 41.9 Å². The van der Waals surface area contributed by atoms with E-state index in [2.05, 4.69) is 17.9 Å². The second-order valence-electron chi connectivity index (χ2n) is 3.88. The van der Waals surface area contributed by atoms with Crippen LogP contribution in [0, 0.1) is 0 Å². The Bertz CT molecular complexity index is 557. The highest BCUT2D eigenvalue weighted by atomic mass is 35.5. The fourth-order valence-electron chi connectivity index (χ4n) is 1.58. The van der Waals surface area contributed by atoms with Gasteiger partial charge in [-0.3, -0.25) is 4.79 Å². The van der Waals surface area contributed by atoms with Crippen molar-refractivity contribution in [2.75, 3.05) is 5.32 Å². The number of rotatable bonds is 3. The van der Waals surface area contributed by atoms with Crippen LogP contribution in [-0.4, -0.2) is 5.91 Å². The normalized spacial score (nSPS) is 10.1. The molecular weight excluding hydrogens is 266 g/mol. The van der Waals surface area contributed by atoms with Crippen molar-refractivity contribution in [2.24, 2.45) is 0 Å². The van der Waals surface area contributed by atoms with Crippen molar-refractivity contribution in [1.82, 2.24) is 0 Å². The summed E-state index contributed by atoms with van der Waals surface area (Å²) in [6, 6.07) is 14.8. The van der Waals surface area contributed by atoms with Crippen molar-refractivity contribution in [2.45, 2.75) is 11.3 Å². The molecule has 18 heavy (non-hydrogen) atoms. The van der Waals surface area contributed by atoms with Gasteiger partial charge in [0.05, 0.1) is 11.4 Å². The summed E-state index contributed by atoms with van der Waals surface area (Å²) in [6.07, 6.45) is 0.353. The van der Waals surface area contributed by atoms with Gasteiger partial charge in [0.15, 0.2) is 0 Å². The van der Waals surface area contributed by atoms with Crippen molar-refractivity contribution >= 4 is 35.8 Å². The van der Waals surface area contributed by atoms with E-state index in [1.54, 1.807) is 18.2 Å². The molecule has 0 aliphatic heterocycles. The summed E-state index contributed by atoms with van der Waals surface area (Å²) in [4.78, 5) is 12.5. The van der Waals surface area contributed by atoms with E-state index < -0.39 is 0 Å². The van der Waals surface area contributed by atoms with Crippen molar-refractivity contribution in [3.05, 3.63) is 59.1 Å². The van der Waals surface area contributed by atoms with E-state index in [1.165, 1.54) is 0 Å². The summed E-state index contributed by atoms with van der Waals surface area (Å²) >= 11 is 10.1. The van der Waals surface area contributed by atoms with E-state index in [4.69, 9.17) is 11.6 Å². The molecular formula is C14H12ClNOS. The van der Waals surface area contributed by atoms with Crippen LogP contribution in [0.4, 0.5) is 5.69 Å². The van der Waals surface area contributed by atoms with Crippen LogP contribution < -0.4 is 5.32 Å². The van der Waals surface area contributed by atoms with Crippen molar-refractivity contribution in [3.63, 3.8) is 0 Å². The molecule has 0 heterocycles. The quantitative estimate of drug-likeness (QED) is 0.821. The van der Waals surface area contributed by atoms with E-state index in [-0.39, 0.29) is 5.91 Å². The van der Waals surface area contributed by atoms with Crippen LogP contribution >= 0.6 is 24.2 Å². The molecule has 2 aromatic carbocycles. The number of carbonyl (C=O) groups excluding carboxylic acids is 1. The SMILES string of the molecule is O=C(Cc1ccccc1)Nc1ccc(Cl)c(S)c1. The third-order valence-corrected chi connectivity index (χ3v) is 3.27. The maximum atomic E-state index is 11.8. The lowest BCUT2D eigenvalue weighted by Crippen LogP contribution is -2.14. The summed E-state index contributed by atoms with van der Waals surface area (Å²) < 4.78 is 0. The topological polar surface area (TPSA) is 29.1 Å². The second kappa shape index (κ2) is 5.94. The van der Waals surface area contributed by atoms with Crippen LogP contribution in [-0.2, 0) is 11.2 Å². The lowest BCUT2D eigenvalue weighted by Gasteiger charge is -2.06. The van der Waals surface area contributed by atoms with Gasteiger partial charge >= 0.3 is 0 Å². The van der Waals surface area contributed by atoms with Crippen LogP contribution in [0.3, 0.4) is 0 Å². The smallest absolute Gasteiger partial charge is 0.228 e. The van der Waals surface area contributed by atoms with Crippen LogP contribution in [0.1, 0.15) is 5.56 Å². The average Bonchev–Trinajstić information content (AvgIpc) is 2.35. The molecule has 92 valence electrons. The Morgan fingerprint density at radius 2 is 1.89 bits per heavy atom. The molecule has 0 unspecified atom stereocenters.